The first-order valence-corrected chi connectivity index (χ1v) is 6.25. The van der Waals surface area contributed by atoms with Crippen LogP contribution < -0.4 is 5.32 Å². The van der Waals surface area contributed by atoms with Gasteiger partial charge in [-0.1, -0.05) is 6.07 Å². The van der Waals surface area contributed by atoms with Gasteiger partial charge in [-0.15, -0.1) is 0 Å². The molecular weight excluding hydrogens is 255 g/mol. The molecule has 0 unspecified atom stereocenters. The van der Waals surface area contributed by atoms with Crippen molar-refractivity contribution in [3.63, 3.8) is 0 Å². The minimum Gasteiger partial charge on any atom is -0.372 e. The van der Waals surface area contributed by atoms with Crippen LogP contribution in [-0.4, -0.2) is 22.0 Å². The van der Waals surface area contributed by atoms with Gasteiger partial charge in [0.1, 0.15) is 5.82 Å². The maximum Gasteiger partial charge on any atom is 0.213 e. The Balaban J connectivity index is 2.16. The summed E-state index contributed by atoms with van der Waals surface area (Å²) in [5.74, 6) is 0.243. The van der Waals surface area contributed by atoms with Crippen LogP contribution in [0.25, 0.3) is 22.2 Å². The number of fused-ring (bicyclic) bond motifs is 1. The molecule has 0 spiro atoms. The Hall–Kier alpha value is -2.56. The van der Waals surface area contributed by atoms with Crippen molar-refractivity contribution in [1.29, 1.82) is 0 Å². The highest BCUT2D eigenvalue weighted by molar-refractivity contribution is 5.82. The molecule has 0 saturated heterocycles. The standard InChI is InChI=1S/C15H13FN4/c1-9-11(4-6-14(16)19-9)10-3-5-12-13(7-10)20-15(17-2)8-18-12/h3-8H,1-2H3,(H,17,20). The van der Waals surface area contributed by atoms with Crippen molar-refractivity contribution in [3.05, 3.63) is 48.2 Å². The average molecular weight is 268 g/mol. The average Bonchev–Trinajstić information content (AvgIpc) is 2.46. The molecule has 0 fully saturated rings. The van der Waals surface area contributed by atoms with E-state index in [1.807, 2.05) is 18.2 Å². The van der Waals surface area contributed by atoms with E-state index < -0.39 is 5.95 Å². The van der Waals surface area contributed by atoms with Gasteiger partial charge in [0, 0.05) is 18.3 Å². The highest BCUT2D eigenvalue weighted by Crippen LogP contribution is 2.25. The topological polar surface area (TPSA) is 50.7 Å². The zero-order valence-corrected chi connectivity index (χ0v) is 11.2. The van der Waals surface area contributed by atoms with Crippen molar-refractivity contribution in [3.8, 4) is 11.1 Å². The van der Waals surface area contributed by atoms with Crippen LogP contribution in [0, 0.1) is 12.9 Å². The normalized spacial score (nSPS) is 10.8. The number of pyridine rings is 1. The van der Waals surface area contributed by atoms with E-state index in [2.05, 4.69) is 20.3 Å². The van der Waals surface area contributed by atoms with Crippen LogP contribution in [0.5, 0.6) is 0 Å². The molecule has 0 radical (unpaired) electrons. The van der Waals surface area contributed by atoms with Gasteiger partial charge in [0.25, 0.3) is 0 Å². The summed E-state index contributed by atoms with van der Waals surface area (Å²) in [5, 5.41) is 2.96. The van der Waals surface area contributed by atoms with Gasteiger partial charge in [-0.3, -0.25) is 4.98 Å². The van der Waals surface area contributed by atoms with Crippen molar-refractivity contribution < 1.29 is 4.39 Å². The molecule has 2 aromatic heterocycles. The molecule has 0 atom stereocenters. The maximum atomic E-state index is 13.1. The summed E-state index contributed by atoms with van der Waals surface area (Å²) in [6.45, 7) is 1.79. The van der Waals surface area contributed by atoms with Gasteiger partial charge in [0.2, 0.25) is 5.95 Å². The van der Waals surface area contributed by atoms with E-state index in [1.54, 1.807) is 26.2 Å². The summed E-state index contributed by atoms with van der Waals surface area (Å²) < 4.78 is 13.1. The number of nitrogens with zero attached hydrogens (tertiary/aromatic N) is 3. The molecule has 3 aromatic rings. The van der Waals surface area contributed by atoms with Gasteiger partial charge in [-0.25, -0.2) is 9.97 Å². The van der Waals surface area contributed by atoms with E-state index in [0.29, 0.717) is 11.5 Å². The molecule has 0 saturated carbocycles. The van der Waals surface area contributed by atoms with Crippen LogP contribution in [0.15, 0.2) is 36.5 Å². The predicted octanol–water partition coefficient (Wildman–Crippen LogP) is 3.18. The molecule has 3 rings (SSSR count). The highest BCUT2D eigenvalue weighted by Gasteiger charge is 2.07. The molecular formula is C15H13FN4. The summed E-state index contributed by atoms with van der Waals surface area (Å²) in [5.41, 5.74) is 4.11. The molecule has 5 heteroatoms. The Bertz CT molecular complexity index is 786. The molecule has 2 heterocycles. The third-order valence-electron chi connectivity index (χ3n) is 3.16. The Morgan fingerprint density at radius 2 is 1.90 bits per heavy atom. The fourth-order valence-electron chi connectivity index (χ4n) is 2.13. The van der Waals surface area contributed by atoms with Gasteiger partial charge >= 0.3 is 0 Å². The van der Waals surface area contributed by atoms with Gasteiger partial charge in [-0.2, -0.15) is 4.39 Å². The number of benzene rings is 1. The lowest BCUT2D eigenvalue weighted by molar-refractivity contribution is 0.580. The third-order valence-corrected chi connectivity index (χ3v) is 3.16. The van der Waals surface area contributed by atoms with Crippen LogP contribution in [0.2, 0.25) is 0 Å². The van der Waals surface area contributed by atoms with Crippen LogP contribution >= 0.6 is 0 Å². The fraction of sp³-hybridized carbons (Fsp3) is 0.133. The number of aromatic nitrogens is 3. The Kier molecular flexibility index (Phi) is 3.02. The van der Waals surface area contributed by atoms with Gasteiger partial charge in [-0.05, 0) is 36.8 Å². The number of halogens is 1. The third kappa shape index (κ3) is 2.18. The molecule has 0 aliphatic carbocycles. The van der Waals surface area contributed by atoms with Crippen molar-refractivity contribution >= 4 is 16.9 Å². The van der Waals surface area contributed by atoms with Crippen molar-refractivity contribution in [2.24, 2.45) is 0 Å². The quantitative estimate of drug-likeness (QED) is 0.725. The van der Waals surface area contributed by atoms with E-state index in [1.165, 1.54) is 6.07 Å². The molecule has 4 nitrogen and oxygen atoms in total. The second-order valence-electron chi connectivity index (χ2n) is 4.48. The molecule has 0 aliphatic rings. The SMILES string of the molecule is CNc1cnc2ccc(-c3ccc(F)nc3C)cc2n1. The number of anilines is 1. The lowest BCUT2D eigenvalue weighted by Gasteiger charge is -2.07. The van der Waals surface area contributed by atoms with Crippen LogP contribution in [-0.2, 0) is 0 Å². The molecule has 1 aromatic carbocycles. The van der Waals surface area contributed by atoms with Crippen LogP contribution in [0.1, 0.15) is 5.69 Å². The monoisotopic (exact) mass is 268 g/mol. The smallest absolute Gasteiger partial charge is 0.213 e. The first-order valence-electron chi connectivity index (χ1n) is 6.25. The first kappa shape index (κ1) is 12.5. The zero-order valence-electron chi connectivity index (χ0n) is 11.2. The van der Waals surface area contributed by atoms with E-state index >= 15 is 0 Å². The Labute approximate surface area is 115 Å². The molecule has 20 heavy (non-hydrogen) atoms. The zero-order chi connectivity index (χ0) is 14.1. The van der Waals surface area contributed by atoms with E-state index in [4.69, 9.17) is 0 Å². The van der Waals surface area contributed by atoms with Gasteiger partial charge < -0.3 is 5.32 Å². The molecule has 0 amide bonds. The summed E-state index contributed by atoms with van der Waals surface area (Å²) in [4.78, 5) is 12.6. The summed E-state index contributed by atoms with van der Waals surface area (Å²) in [7, 11) is 1.80. The van der Waals surface area contributed by atoms with Crippen LogP contribution in [0.4, 0.5) is 10.2 Å². The lowest BCUT2D eigenvalue weighted by atomic mass is 10.0. The molecule has 1 N–H and O–H groups in total. The molecule has 0 bridgehead atoms. The Morgan fingerprint density at radius 1 is 1.05 bits per heavy atom. The van der Waals surface area contributed by atoms with Crippen molar-refractivity contribution in [2.75, 3.05) is 12.4 Å². The first-order chi connectivity index (χ1) is 9.67. The minimum absolute atomic E-state index is 0.468. The van der Waals surface area contributed by atoms with Crippen molar-refractivity contribution in [2.45, 2.75) is 6.92 Å². The summed E-state index contributed by atoms with van der Waals surface area (Å²) in [6, 6.07) is 8.87. The van der Waals surface area contributed by atoms with Gasteiger partial charge in [0.15, 0.2) is 0 Å². The summed E-state index contributed by atoms with van der Waals surface area (Å²) >= 11 is 0. The van der Waals surface area contributed by atoms with E-state index in [0.717, 1.165) is 22.2 Å². The maximum absolute atomic E-state index is 13.1. The fourth-order valence-corrected chi connectivity index (χ4v) is 2.13. The highest BCUT2D eigenvalue weighted by atomic mass is 19.1. The van der Waals surface area contributed by atoms with Gasteiger partial charge in [0.05, 0.1) is 17.2 Å². The minimum atomic E-state index is -0.468. The number of hydrogen-bond donors (Lipinski definition) is 1. The summed E-state index contributed by atoms with van der Waals surface area (Å²) in [6.07, 6.45) is 1.69. The number of nitrogens with one attached hydrogen (secondary N) is 1. The lowest BCUT2D eigenvalue weighted by Crippen LogP contribution is -1.95. The number of rotatable bonds is 2. The predicted molar refractivity (Wildman–Crippen MR) is 77.0 cm³/mol. The van der Waals surface area contributed by atoms with Crippen molar-refractivity contribution in [1.82, 2.24) is 15.0 Å². The van der Waals surface area contributed by atoms with Crippen LogP contribution in [0.3, 0.4) is 0 Å². The molecule has 100 valence electrons. The largest absolute Gasteiger partial charge is 0.372 e. The second kappa shape index (κ2) is 4.85. The Morgan fingerprint density at radius 3 is 2.65 bits per heavy atom. The van der Waals surface area contributed by atoms with E-state index in [-0.39, 0.29) is 0 Å². The number of hydrogen-bond acceptors (Lipinski definition) is 4. The molecule has 0 aliphatic heterocycles. The number of aryl methyl sites for hydroxylation is 1. The second-order valence-corrected chi connectivity index (χ2v) is 4.48. The van der Waals surface area contributed by atoms with E-state index in [9.17, 15) is 4.39 Å².